The van der Waals surface area contributed by atoms with Crippen molar-refractivity contribution >= 4 is 15.8 Å². The van der Waals surface area contributed by atoms with E-state index in [4.69, 9.17) is 5.11 Å². The highest BCUT2D eigenvalue weighted by atomic mass is 32.2. The van der Waals surface area contributed by atoms with E-state index in [2.05, 4.69) is 5.10 Å². The van der Waals surface area contributed by atoms with E-state index < -0.39 is 15.8 Å². The molecule has 112 valence electrons. The fourth-order valence-corrected chi connectivity index (χ4v) is 4.51. The molecule has 1 atom stereocenters. The molecule has 1 aromatic rings. The highest BCUT2D eigenvalue weighted by Gasteiger charge is 2.28. The van der Waals surface area contributed by atoms with Crippen molar-refractivity contribution in [3.05, 3.63) is 17.0 Å². The van der Waals surface area contributed by atoms with Gasteiger partial charge in [0.1, 0.15) is 0 Å². The normalized spacial score (nSPS) is 21.8. The van der Waals surface area contributed by atoms with Gasteiger partial charge in [-0.15, -0.1) is 0 Å². The lowest BCUT2D eigenvalue weighted by atomic mass is 10.1. The molecule has 2 heterocycles. The molecule has 0 saturated carbocycles. The summed E-state index contributed by atoms with van der Waals surface area (Å²) < 4.78 is 25.2. The van der Waals surface area contributed by atoms with Crippen molar-refractivity contribution in [2.75, 3.05) is 11.5 Å². The van der Waals surface area contributed by atoms with Gasteiger partial charge in [-0.3, -0.25) is 9.48 Å². The standard InChI is InChI=1S/C13H20N2O4S/c1-9-12(5-6-13(16)17)10(2)15(14-9)11-4-3-7-20(18,19)8-11/h11H,3-8H2,1-2H3,(H,16,17). The predicted molar refractivity (Wildman–Crippen MR) is 74.6 cm³/mol. The van der Waals surface area contributed by atoms with Crippen molar-refractivity contribution in [1.29, 1.82) is 0 Å². The van der Waals surface area contributed by atoms with Crippen molar-refractivity contribution in [1.82, 2.24) is 9.78 Å². The van der Waals surface area contributed by atoms with Crippen LogP contribution in [0.1, 0.15) is 42.3 Å². The molecule has 20 heavy (non-hydrogen) atoms. The quantitative estimate of drug-likeness (QED) is 0.904. The van der Waals surface area contributed by atoms with Crippen LogP contribution in [0.2, 0.25) is 0 Å². The van der Waals surface area contributed by atoms with Crippen LogP contribution < -0.4 is 0 Å². The number of carbonyl (C=O) groups is 1. The predicted octanol–water partition coefficient (Wildman–Crippen LogP) is 1.27. The van der Waals surface area contributed by atoms with Crippen LogP contribution in [0.25, 0.3) is 0 Å². The lowest BCUT2D eigenvalue weighted by Crippen LogP contribution is -2.28. The number of hydrogen-bond acceptors (Lipinski definition) is 4. The summed E-state index contributed by atoms with van der Waals surface area (Å²) in [6.07, 6.45) is 1.97. The van der Waals surface area contributed by atoms with Crippen LogP contribution in [0.15, 0.2) is 0 Å². The van der Waals surface area contributed by atoms with E-state index in [1.807, 2.05) is 13.8 Å². The fraction of sp³-hybridized carbons (Fsp3) is 0.692. The molecule has 1 N–H and O–H groups in total. The highest BCUT2D eigenvalue weighted by Crippen LogP contribution is 2.26. The van der Waals surface area contributed by atoms with Crippen LogP contribution in [0, 0.1) is 13.8 Å². The summed E-state index contributed by atoms with van der Waals surface area (Å²) in [4.78, 5) is 10.7. The zero-order chi connectivity index (χ0) is 14.9. The smallest absolute Gasteiger partial charge is 0.303 e. The maximum absolute atomic E-state index is 11.7. The molecular weight excluding hydrogens is 280 g/mol. The molecule has 2 rings (SSSR count). The van der Waals surface area contributed by atoms with Gasteiger partial charge in [-0.25, -0.2) is 8.42 Å². The van der Waals surface area contributed by atoms with Gasteiger partial charge >= 0.3 is 5.97 Å². The third-order valence-corrected chi connectivity index (χ3v) is 5.65. The minimum atomic E-state index is -2.98. The fourth-order valence-electron chi connectivity index (χ4n) is 2.84. The Morgan fingerprint density at radius 1 is 1.45 bits per heavy atom. The molecule has 1 aliphatic rings. The molecule has 0 radical (unpaired) electrons. The minimum Gasteiger partial charge on any atom is -0.481 e. The number of carboxylic acid groups (broad SMARTS) is 1. The van der Waals surface area contributed by atoms with E-state index in [0.717, 1.165) is 23.4 Å². The Morgan fingerprint density at radius 2 is 2.15 bits per heavy atom. The number of carboxylic acids is 1. The Kier molecular flexibility index (Phi) is 4.17. The van der Waals surface area contributed by atoms with E-state index >= 15 is 0 Å². The van der Waals surface area contributed by atoms with Crippen LogP contribution in [0.5, 0.6) is 0 Å². The van der Waals surface area contributed by atoms with E-state index in [0.29, 0.717) is 12.8 Å². The zero-order valence-electron chi connectivity index (χ0n) is 11.8. The average Bonchev–Trinajstić information content (AvgIpc) is 2.61. The zero-order valence-corrected chi connectivity index (χ0v) is 12.6. The van der Waals surface area contributed by atoms with Gasteiger partial charge in [-0.1, -0.05) is 0 Å². The molecule has 1 aromatic heterocycles. The van der Waals surface area contributed by atoms with Crippen molar-refractivity contribution in [3.63, 3.8) is 0 Å². The molecule has 0 bridgehead atoms. The molecule has 6 nitrogen and oxygen atoms in total. The van der Waals surface area contributed by atoms with Gasteiger partial charge < -0.3 is 5.11 Å². The van der Waals surface area contributed by atoms with Crippen LogP contribution in [-0.2, 0) is 21.1 Å². The first-order valence-electron chi connectivity index (χ1n) is 6.77. The van der Waals surface area contributed by atoms with Gasteiger partial charge in [0.2, 0.25) is 0 Å². The van der Waals surface area contributed by atoms with Gasteiger partial charge in [0.25, 0.3) is 0 Å². The van der Waals surface area contributed by atoms with Crippen LogP contribution >= 0.6 is 0 Å². The SMILES string of the molecule is Cc1nn(C2CCCS(=O)(=O)C2)c(C)c1CCC(=O)O. The summed E-state index contributed by atoms with van der Waals surface area (Å²) in [5.74, 6) is -0.445. The lowest BCUT2D eigenvalue weighted by Gasteiger charge is -2.23. The summed E-state index contributed by atoms with van der Waals surface area (Å²) in [5, 5.41) is 13.2. The Morgan fingerprint density at radius 3 is 2.75 bits per heavy atom. The van der Waals surface area contributed by atoms with Crippen LogP contribution in [0.3, 0.4) is 0 Å². The largest absolute Gasteiger partial charge is 0.481 e. The van der Waals surface area contributed by atoms with Crippen molar-refractivity contribution in [2.24, 2.45) is 0 Å². The second-order valence-electron chi connectivity index (χ2n) is 5.40. The molecule has 0 aromatic carbocycles. The summed E-state index contributed by atoms with van der Waals surface area (Å²) in [6.45, 7) is 3.73. The van der Waals surface area contributed by atoms with Gasteiger partial charge in [0, 0.05) is 12.1 Å². The number of rotatable bonds is 4. The van der Waals surface area contributed by atoms with Crippen LogP contribution in [0.4, 0.5) is 0 Å². The van der Waals surface area contributed by atoms with Crippen molar-refractivity contribution < 1.29 is 18.3 Å². The maximum atomic E-state index is 11.7. The number of aliphatic carboxylic acids is 1. The Balaban J connectivity index is 2.25. The van der Waals surface area contributed by atoms with Gasteiger partial charge in [-0.05, 0) is 38.7 Å². The molecule has 1 unspecified atom stereocenters. The third kappa shape index (κ3) is 3.20. The number of aromatic nitrogens is 2. The molecule has 1 aliphatic heterocycles. The average molecular weight is 300 g/mol. The lowest BCUT2D eigenvalue weighted by molar-refractivity contribution is -0.136. The molecule has 0 amide bonds. The van der Waals surface area contributed by atoms with Crippen molar-refractivity contribution in [2.45, 2.75) is 45.6 Å². The molecule has 0 aliphatic carbocycles. The van der Waals surface area contributed by atoms with E-state index in [1.54, 1.807) is 4.68 Å². The summed E-state index contributed by atoms with van der Waals surface area (Å²) in [7, 11) is -2.98. The molecule has 0 spiro atoms. The third-order valence-electron chi connectivity index (χ3n) is 3.85. The number of sulfone groups is 1. The van der Waals surface area contributed by atoms with Gasteiger partial charge in [0.15, 0.2) is 9.84 Å². The molecule has 1 saturated heterocycles. The highest BCUT2D eigenvalue weighted by molar-refractivity contribution is 7.91. The first-order chi connectivity index (χ1) is 9.30. The van der Waals surface area contributed by atoms with E-state index in [-0.39, 0.29) is 24.0 Å². The second-order valence-corrected chi connectivity index (χ2v) is 7.63. The monoisotopic (exact) mass is 300 g/mol. The summed E-state index contributed by atoms with van der Waals surface area (Å²) in [5.41, 5.74) is 2.62. The Labute approximate surface area is 118 Å². The Bertz CT molecular complexity index is 619. The van der Waals surface area contributed by atoms with Crippen LogP contribution in [-0.4, -0.2) is 40.8 Å². The maximum Gasteiger partial charge on any atom is 0.303 e. The first-order valence-corrected chi connectivity index (χ1v) is 8.59. The number of hydrogen-bond donors (Lipinski definition) is 1. The van der Waals surface area contributed by atoms with Crippen molar-refractivity contribution in [3.8, 4) is 0 Å². The second kappa shape index (κ2) is 5.55. The number of aryl methyl sites for hydroxylation is 1. The van der Waals surface area contributed by atoms with E-state index in [9.17, 15) is 13.2 Å². The Hall–Kier alpha value is -1.37. The summed E-state index contributed by atoms with van der Waals surface area (Å²) in [6, 6.07) is -0.119. The topological polar surface area (TPSA) is 89.3 Å². The van der Waals surface area contributed by atoms with Gasteiger partial charge in [-0.2, -0.15) is 5.10 Å². The van der Waals surface area contributed by atoms with E-state index in [1.165, 1.54) is 0 Å². The summed E-state index contributed by atoms with van der Waals surface area (Å²) >= 11 is 0. The van der Waals surface area contributed by atoms with Gasteiger partial charge in [0.05, 0.1) is 23.2 Å². The number of nitrogens with zero attached hydrogens (tertiary/aromatic N) is 2. The first kappa shape index (κ1) is 15.0. The molecule has 7 heteroatoms. The minimum absolute atomic E-state index is 0.0658. The molecular formula is C13H20N2O4S. The molecule has 1 fully saturated rings.